The summed E-state index contributed by atoms with van der Waals surface area (Å²) in [5.41, 5.74) is 10.6. The zero-order valence-corrected chi connectivity index (χ0v) is 7.71. The molecular formula is C8H10F2N4O. The van der Waals surface area contributed by atoms with E-state index in [9.17, 15) is 13.6 Å². The molecule has 0 unspecified atom stereocenters. The molecule has 0 spiro atoms. The van der Waals surface area contributed by atoms with Gasteiger partial charge in [0.05, 0.1) is 12.2 Å². The quantitative estimate of drug-likeness (QED) is 0.680. The first kappa shape index (κ1) is 11.2. The van der Waals surface area contributed by atoms with Crippen LogP contribution >= 0.6 is 0 Å². The van der Waals surface area contributed by atoms with Crippen molar-refractivity contribution in [2.45, 2.75) is 6.43 Å². The van der Waals surface area contributed by atoms with E-state index in [0.29, 0.717) is 0 Å². The molecule has 0 radical (unpaired) electrons. The summed E-state index contributed by atoms with van der Waals surface area (Å²) < 4.78 is 23.8. The van der Waals surface area contributed by atoms with E-state index in [0.717, 1.165) is 0 Å². The second-order valence-electron chi connectivity index (χ2n) is 2.77. The number of carbonyl (C=O) groups is 1. The van der Waals surface area contributed by atoms with Gasteiger partial charge in [-0.1, -0.05) is 0 Å². The topological polar surface area (TPSA) is 94.0 Å². The minimum absolute atomic E-state index is 0.0269. The first-order valence-electron chi connectivity index (χ1n) is 4.09. The van der Waals surface area contributed by atoms with E-state index in [2.05, 4.69) is 10.3 Å². The predicted molar refractivity (Wildman–Crippen MR) is 51.7 cm³/mol. The highest BCUT2D eigenvalue weighted by Gasteiger charge is 2.08. The highest BCUT2D eigenvalue weighted by atomic mass is 19.3. The zero-order chi connectivity index (χ0) is 11.4. The van der Waals surface area contributed by atoms with E-state index in [1.807, 2.05) is 0 Å². The van der Waals surface area contributed by atoms with E-state index < -0.39 is 18.9 Å². The van der Waals surface area contributed by atoms with Gasteiger partial charge in [-0.05, 0) is 12.1 Å². The molecule has 0 saturated heterocycles. The molecule has 5 N–H and O–H groups in total. The van der Waals surface area contributed by atoms with Gasteiger partial charge in [-0.25, -0.2) is 13.8 Å². The molecule has 7 heteroatoms. The Labute approximate surface area is 84.5 Å². The number of carbonyl (C=O) groups excluding carboxylic acids is 1. The van der Waals surface area contributed by atoms with Gasteiger partial charge in [0, 0.05) is 0 Å². The molecule has 1 amide bonds. The average Bonchev–Trinajstić information content (AvgIpc) is 2.16. The van der Waals surface area contributed by atoms with Crippen LogP contribution < -0.4 is 16.8 Å². The lowest BCUT2D eigenvalue weighted by Gasteiger charge is -2.08. The molecule has 15 heavy (non-hydrogen) atoms. The molecule has 5 nitrogen and oxygen atoms in total. The molecule has 0 fully saturated rings. The molecule has 1 rings (SSSR count). The lowest BCUT2D eigenvalue weighted by molar-refractivity contribution is 0.0996. The van der Waals surface area contributed by atoms with Crippen molar-refractivity contribution in [1.29, 1.82) is 0 Å². The third kappa shape index (κ3) is 3.04. The summed E-state index contributed by atoms with van der Waals surface area (Å²) in [7, 11) is 0. The van der Waals surface area contributed by atoms with Crippen LogP contribution in [0.15, 0.2) is 12.1 Å². The van der Waals surface area contributed by atoms with Crippen molar-refractivity contribution >= 4 is 17.4 Å². The second-order valence-corrected chi connectivity index (χ2v) is 2.77. The minimum Gasteiger partial charge on any atom is -0.396 e. The number of hydrogen-bond donors (Lipinski definition) is 3. The lowest BCUT2D eigenvalue weighted by Crippen LogP contribution is -2.17. The number of rotatable bonds is 4. The van der Waals surface area contributed by atoms with Crippen LogP contribution in [0.1, 0.15) is 10.5 Å². The van der Waals surface area contributed by atoms with Gasteiger partial charge >= 0.3 is 0 Å². The molecule has 1 heterocycles. The molecule has 0 aliphatic rings. The Kier molecular flexibility index (Phi) is 3.37. The van der Waals surface area contributed by atoms with Crippen molar-refractivity contribution in [3.63, 3.8) is 0 Å². The van der Waals surface area contributed by atoms with Crippen molar-refractivity contribution in [3.05, 3.63) is 17.8 Å². The van der Waals surface area contributed by atoms with Gasteiger partial charge < -0.3 is 16.8 Å². The number of nitrogen functional groups attached to an aromatic ring is 1. The summed E-state index contributed by atoms with van der Waals surface area (Å²) in [5.74, 6) is -0.707. The van der Waals surface area contributed by atoms with Gasteiger partial charge in [-0.3, -0.25) is 4.79 Å². The molecule has 0 saturated carbocycles. The van der Waals surface area contributed by atoms with Crippen LogP contribution in [0.2, 0.25) is 0 Å². The maximum atomic E-state index is 11.9. The highest BCUT2D eigenvalue weighted by Crippen LogP contribution is 2.15. The standard InChI is InChI=1S/C8H10F2N4O/c9-6(10)3-13-8-4(11)1-2-5(14-8)7(12)15/h1-2,6H,3,11H2,(H2,12,15)(H,13,14). The molecular weight excluding hydrogens is 206 g/mol. The SMILES string of the molecule is NC(=O)c1ccc(N)c(NCC(F)F)n1. The number of hydrogen-bond acceptors (Lipinski definition) is 4. The number of alkyl halides is 2. The number of halogens is 2. The molecule has 0 atom stereocenters. The van der Waals surface area contributed by atoms with Gasteiger partial charge in [-0.15, -0.1) is 0 Å². The average molecular weight is 216 g/mol. The fraction of sp³-hybridized carbons (Fsp3) is 0.250. The molecule has 1 aromatic heterocycles. The third-order valence-corrected chi connectivity index (χ3v) is 1.60. The fourth-order valence-electron chi connectivity index (χ4n) is 0.923. The van der Waals surface area contributed by atoms with Gasteiger partial charge in [0.2, 0.25) is 0 Å². The number of nitrogens with two attached hydrogens (primary N) is 2. The van der Waals surface area contributed by atoms with Gasteiger partial charge in [-0.2, -0.15) is 0 Å². The first-order chi connectivity index (χ1) is 7.00. The predicted octanol–water partition coefficient (Wildman–Crippen LogP) is 0.440. The first-order valence-corrected chi connectivity index (χ1v) is 4.09. The Balaban J connectivity index is 2.85. The van der Waals surface area contributed by atoms with Crippen LogP contribution in [-0.4, -0.2) is 23.9 Å². The van der Waals surface area contributed by atoms with Gasteiger partial charge in [0.25, 0.3) is 12.3 Å². The van der Waals surface area contributed by atoms with Crippen LogP contribution in [0.5, 0.6) is 0 Å². The van der Waals surface area contributed by atoms with Crippen LogP contribution in [0.25, 0.3) is 0 Å². The van der Waals surface area contributed by atoms with E-state index in [4.69, 9.17) is 11.5 Å². The Hall–Kier alpha value is -1.92. The van der Waals surface area contributed by atoms with Gasteiger partial charge in [0.15, 0.2) is 0 Å². The molecule has 1 aromatic rings. The second kappa shape index (κ2) is 4.54. The largest absolute Gasteiger partial charge is 0.396 e. The maximum Gasteiger partial charge on any atom is 0.267 e. The number of pyridine rings is 1. The van der Waals surface area contributed by atoms with Gasteiger partial charge in [0.1, 0.15) is 11.5 Å². The minimum atomic E-state index is -2.52. The number of nitrogens with one attached hydrogen (secondary N) is 1. The van der Waals surface area contributed by atoms with Crippen LogP contribution in [0.3, 0.4) is 0 Å². The number of primary amides is 1. The summed E-state index contributed by atoms with van der Waals surface area (Å²) in [4.78, 5) is 14.4. The van der Waals surface area contributed by atoms with E-state index in [1.54, 1.807) is 0 Å². The molecule has 0 aromatic carbocycles. The number of nitrogens with zero attached hydrogens (tertiary/aromatic N) is 1. The third-order valence-electron chi connectivity index (χ3n) is 1.60. The normalized spacial score (nSPS) is 10.3. The zero-order valence-electron chi connectivity index (χ0n) is 7.71. The summed E-state index contributed by atoms with van der Waals surface area (Å²) in [6, 6.07) is 2.70. The van der Waals surface area contributed by atoms with Crippen LogP contribution in [0.4, 0.5) is 20.3 Å². The number of aromatic nitrogens is 1. The van der Waals surface area contributed by atoms with Crippen molar-refractivity contribution < 1.29 is 13.6 Å². The van der Waals surface area contributed by atoms with Crippen molar-refractivity contribution in [2.75, 3.05) is 17.6 Å². The van der Waals surface area contributed by atoms with Crippen LogP contribution in [-0.2, 0) is 0 Å². The van der Waals surface area contributed by atoms with Crippen molar-refractivity contribution in [1.82, 2.24) is 4.98 Å². The Bertz CT molecular complexity index is 370. The van der Waals surface area contributed by atoms with Crippen LogP contribution in [0, 0.1) is 0 Å². The monoisotopic (exact) mass is 216 g/mol. The summed E-state index contributed by atoms with van der Waals surface area (Å²) in [6.45, 7) is -0.584. The molecule has 0 bridgehead atoms. The number of amides is 1. The molecule has 0 aliphatic carbocycles. The Morgan fingerprint density at radius 1 is 1.53 bits per heavy atom. The van der Waals surface area contributed by atoms with E-state index in [1.165, 1.54) is 12.1 Å². The van der Waals surface area contributed by atoms with Crippen molar-refractivity contribution in [3.8, 4) is 0 Å². The maximum absolute atomic E-state index is 11.9. The lowest BCUT2D eigenvalue weighted by atomic mass is 10.3. The molecule has 0 aliphatic heterocycles. The van der Waals surface area contributed by atoms with E-state index in [-0.39, 0.29) is 17.2 Å². The Morgan fingerprint density at radius 3 is 2.73 bits per heavy atom. The summed E-state index contributed by atoms with van der Waals surface area (Å²) in [5, 5.41) is 2.31. The Morgan fingerprint density at radius 2 is 2.20 bits per heavy atom. The fourth-order valence-corrected chi connectivity index (χ4v) is 0.923. The molecule has 82 valence electrons. The highest BCUT2D eigenvalue weighted by molar-refractivity contribution is 5.91. The van der Waals surface area contributed by atoms with E-state index >= 15 is 0 Å². The smallest absolute Gasteiger partial charge is 0.267 e. The summed E-state index contributed by atoms with van der Waals surface area (Å²) in [6.07, 6.45) is -2.52. The number of anilines is 2. The van der Waals surface area contributed by atoms with Crippen molar-refractivity contribution in [2.24, 2.45) is 5.73 Å². The summed E-state index contributed by atoms with van der Waals surface area (Å²) >= 11 is 0.